The van der Waals surface area contributed by atoms with E-state index in [9.17, 15) is 5.11 Å². The first kappa shape index (κ1) is 10.8. The van der Waals surface area contributed by atoms with Crippen LogP contribution in [0.15, 0.2) is 11.6 Å². The van der Waals surface area contributed by atoms with Gasteiger partial charge in [-0.15, -0.1) is 0 Å². The molecule has 0 aromatic heterocycles. The molecule has 0 bridgehead atoms. The van der Waals surface area contributed by atoms with Crippen molar-refractivity contribution < 1.29 is 5.11 Å². The van der Waals surface area contributed by atoms with Crippen molar-refractivity contribution in [3.63, 3.8) is 0 Å². The maximum atomic E-state index is 10.4. The number of hydrogen-bond acceptors (Lipinski definition) is 1. The SMILES string of the molecule is CC(C)(C)C(C)(O)C1=CCCCC1. The standard InChI is InChI=1S/C12H22O/c1-11(2,3)12(4,13)10-8-6-5-7-9-10/h8,13H,5-7,9H2,1-4H3. The molecule has 1 atom stereocenters. The molecule has 0 saturated carbocycles. The Morgan fingerprint density at radius 2 is 1.77 bits per heavy atom. The fourth-order valence-electron chi connectivity index (χ4n) is 1.76. The topological polar surface area (TPSA) is 20.2 Å². The van der Waals surface area contributed by atoms with Crippen LogP contribution in [0.2, 0.25) is 0 Å². The maximum absolute atomic E-state index is 10.4. The van der Waals surface area contributed by atoms with E-state index in [1.807, 2.05) is 6.92 Å². The maximum Gasteiger partial charge on any atom is 0.0876 e. The molecule has 1 aliphatic rings. The first-order chi connectivity index (χ1) is 5.86. The molecule has 13 heavy (non-hydrogen) atoms. The molecule has 1 aliphatic carbocycles. The Labute approximate surface area is 81.9 Å². The van der Waals surface area contributed by atoms with E-state index in [-0.39, 0.29) is 5.41 Å². The number of rotatable bonds is 1. The first-order valence-corrected chi connectivity index (χ1v) is 5.27. The Hall–Kier alpha value is -0.300. The van der Waals surface area contributed by atoms with Crippen molar-refractivity contribution in [1.82, 2.24) is 0 Å². The van der Waals surface area contributed by atoms with Crippen LogP contribution in [0.5, 0.6) is 0 Å². The average molecular weight is 182 g/mol. The predicted molar refractivity (Wildman–Crippen MR) is 56.6 cm³/mol. The molecule has 1 unspecified atom stereocenters. The third-order valence-electron chi connectivity index (χ3n) is 3.38. The van der Waals surface area contributed by atoms with Crippen LogP contribution in [0, 0.1) is 5.41 Å². The predicted octanol–water partition coefficient (Wildman–Crippen LogP) is 3.28. The van der Waals surface area contributed by atoms with Crippen molar-refractivity contribution in [2.75, 3.05) is 0 Å². The minimum absolute atomic E-state index is 0.0594. The second-order valence-electron chi connectivity index (χ2n) is 5.30. The van der Waals surface area contributed by atoms with Gasteiger partial charge in [0.25, 0.3) is 0 Å². The molecule has 0 spiro atoms. The zero-order valence-electron chi connectivity index (χ0n) is 9.35. The number of aliphatic hydroxyl groups is 1. The molecule has 0 aromatic rings. The third kappa shape index (κ3) is 2.14. The highest BCUT2D eigenvalue weighted by Crippen LogP contribution is 2.39. The lowest BCUT2D eigenvalue weighted by Gasteiger charge is -2.40. The van der Waals surface area contributed by atoms with Crippen LogP contribution in [0.25, 0.3) is 0 Å². The second-order valence-corrected chi connectivity index (χ2v) is 5.30. The molecule has 0 fully saturated rings. The van der Waals surface area contributed by atoms with Gasteiger partial charge in [-0.25, -0.2) is 0 Å². The van der Waals surface area contributed by atoms with Gasteiger partial charge in [0.05, 0.1) is 5.60 Å². The van der Waals surface area contributed by atoms with E-state index in [0.717, 1.165) is 12.8 Å². The molecule has 0 heterocycles. The molecule has 0 saturated heterocycles. The summed E-state index contributed by atoms with van der Waals surface area (Å²) < 4.78 is 0. The van der Waals surface area contributed by atoms with Gasteiger partial charge in [-0.1, -0.05) is 26.8 Å². The van der Waals surface area contributed by atoms with Crippen LogP contribution >= 0.6 is 0 Å². The summed E-state index contributed by atoms with van der Waals surface area (Å²) >= 11 is 0. The van der Waals surface area contributed by atoms with Gasteiger partial charge in [-0.2, -0.15) is 0 Å². The van der Waals surface area contributed by atoms with E-state index in [4.69, 9.17) is 0 Å². The Morgan fingerprint density at radius 1 is 1.15 bits per heavy atom. The van der Waals surface area contributed by atoms with Crippen molar-refractivity contribution in [3.8, 4) is 0 Å². The van der Waals surface area contributed by atoms with E-state index in [1.165, 1.54) is 18.4 Å². The van der Waals surface area contributed by atoms with E-state index < -0.39 is 5.60 Å². The van der Waals surface area contributed by atoms with E-state index >= 15 is 0 Å². The molecule has 1 nitrogen and oxygen atoms in total. The lowest BCUT2D eigenvalue weighted by Crippen LogP contribution is -2.42. The molecular weight excluding hydrogens is 160 g/mol. The molecule has 0 amide bonds. The second kappa shape index (κ2) is 3.45. The molecular formula is C12H22O. The highest BCUT2D eigenvalue weighted by Gasteiger charge is 2.38. The average Bonchev–Trinajstić information content (AvgIpc) is 2.04. The van der Waals surface area contributed by atoms with Crippen molar-refractivity contribution in [2.24, 2.45) is 5.41 Å². The van der Waals surface area contributed by atoms with E-state index in [2.05, 4.69) is 26.8 Å². The Balaban J connectivity index is 2.85. The normalized spacial score (nSPS) is 23.6. The van der Waals surface area contributed by atoms with Gasteiger partial charge < -0.3 is 5.11 Å². The minimum Gasteiger partial charge on any atom is -0.385 e. The zero-order valence-corrected chi connectivity index (χ0v) is 9.35. The van der Waals surface area contributed by atoms with Gasteiger partial charge in [0, 0.05) is 0 Å². The lowest BCUT2D eigenvalue weighted by atomic mass is 9.70. The van der Waals surface area contributed by atoms with Gasteiger partial charge in [-0.05, 0) is 43.6 Å². The largest absolute Gasteiger partial charge is 0.385 e. The summed E-state index contributed by atoms with van der Waals surface area (Å²) in [5.74, 6) is 0. The lowest BCUT2D eigenvalue weighted by molar-refractivity contribution is -0.0113. The van der Waals surface area contributed by atoms with Crippen LogP contribution in [0.1, 0.15) is 53.4 Å². The number of allylic oxidation sites excluding steroid dienone is 1. The van der Waals surface area contributed by atoms with Crippen LogP contribution in [0.4, 0.5) is 0 Å². The van der Waals surface area contributed by atoms with Gasteiger partial charge in [0.2, 0.25) is 0 Å². The fourth-order valence-corrected chi connectivity index (χ4v) is 1.76. The van der Waals surface area contributed by atoms with Crippen molar-refractivity contribution in [3.05, 3.63) is 11.6 Å². The van der Waals surface area contributed by atoms with Crippen molar-refractivity contribution in [1.29, 1.82) is 0 Å². The highest BCUT2D eigenvalue weighted by atomic mass is 16.3. The zero-order chi connectivity index (χ0) is 10.1. The molecule has 0 aromatic carbocycles. The summed E-state index contributed by atoms with van der Waals surface area (Å²) in [6.07, 6.45) is 6.96. The summed E-state index contributed by atoms with van der Waals surface area (Å²) in [5, 5.41) is 10.4. The minimum atomic E-state index is -0.632. The van der Waals surface area contributed by atoms with E-state index in [0.29, 0.717) is 0 Å². The van der Waals surface area contributed by atoms with Crippen molar-refractivity contribution in [2.45, 2.75) is 59.0 Å². The van der Waals surface area contributed by atoms with Gasteiger partial charge >= 0.3 is 0 Å². The van der Waals surface area contributed by atoms with Gasteiger partial charge in [-0.3, -0.25) is 0 Å². The Kier molecular flexibility index (Phi) is 2.86. The summed E-state index contributed by atoms with van der Waals surface area (Å²) in [7, 11) is 0. The fraction of sp³-hybridized carbons (Fsp3) is 0.833. The highest BCUT2D eigenvalue weighted by molar-refractivity contribution is 5.20. The third-order valence-corrected chi connectivity index (χ3v) is 3.38. The van der Waals surface area contributed by atoms with E-state index in [1.54, 1.807) is 0 Å². The van der Waals surface area contributed by atoms with Gasteiger partial charge in [0.1, 0.15) is 0 Å². The van der Waals surface area contributed by atoms with Crippen LogP contribution < -0.4 is 0 Å². The van der Waals surface area contributed by atoms with Crippen LogP contribution in [0.3, 0.4) is 0 Å². The first-order valence-electron chi connectivity index (χ1n) is 5.27. The molecule has 1 heteroatoms. The molecule has 1 N–H and O–H groups in total. The smallest absolute Gasteiger partial charge is 0.0876 e. The Bertz CT molecular complexity index is 206. The summed E-state index contributed by atoms with van der Waals surface area (Å²) in [5.41, 5.74) is 0.551. The quantitative estimate of drug-likeness (QED) is 0.617. The molecule has 1 rings (SSSR count). The van der Waals surface area contributed by atoms with Crippen LogP contribution in [-0.4, -0.2) is 10.7 Å². The monoisotopic (exact) mass is 182 g/mol. The van der Waals surface area contributed by atoms with Gasteiger partial charge in [0.15, 0.2) is 0 Å². The summed E-state index contributed by atoms with van der Waals surface area (Å²) in [6, 6.07) is 0. The molecule has 0 aliphatic heterocycles. The molecule has 0 radical (unpaired) electrons. The summed E-state index contributed by atoms with van der Waals surface area (Å²) in [6.45, 7) is 8.25. The Morgan fingerprint density at radius 3 is 2.15 bits per heavy atom. The number of hydrogen-bond donors (Lipinski definition) is 1. The molecule has 76 valence electrons. The summed E-state index contributed by atoms with van der Waals surface area (Å²) in [4.78, 5) is 0. The van der Waals surface area contributed by atoms with Crippen LogP contribution in [-0.2, 0) is 0 Å². The van der Waals surface area contributed by atoms with Crippen molar-refractivity contribution >= 4 is 0 Å².